The number of aliphatic hydroxyl groups is 1. The molecular formula is C60H86O8Si2. The molecule has 0 aromatic heterocycles. The molecule has 0 amide bonds. The van der Waals surface area contributed by atoms with Crippen LogP contribution in [0.1, 0.15) is 88.6 Å². The summed E-state index contributed by atoms with van der Waals surface area (Å²) in [5.41, 5.74) is 5.58. The highest BCUT2D eigenvalue weighted by molar-refractivity contribution is 6.74. The smallest absolute Gasteiger partial charge is 0.192 e. The minimum Gasteiger partial charge on any atom is -0.414 e. The summed E-state index contributed by atoms with van der Waals surface area (Å²) in [7, 11) is -4.29. The largest absolute Gasteiger partial charge is 0.414 e. The maximum absolute atomic E-state index is 12.1. The molecule has 0 unspecified atom stereocenters. The topological polar surface area (TPSA) is 84.8 Å². The summed E-state index contributed by atoms with van der Waals surface area (Å²) in [4.78, 5) is 0. The highest BCUT2D eigenvalue weighted by Crippen LogP contribution is 2.38. The summed E-state index contributed by atoms with van der Waals surface area (Å²) in [5.74, 6) is 0.0640. The van der Waals surface area contributed by atoms with Crippen molar-refractivity contribution in [2.24, 2.45) is 5.92 Å². The van der Waals surface area contributed by atoms with E-state index in [1.807, 2.05) is 60.7 Å². The molecule has 70 heavy (non-hydrogen) atoms. The number of rotatable bonds is 31. The van der Waals surface area contributed by atoms with Crippen molar-refractivity contribution in [1.82, 2.24) is 0 Å². The second-order valence-electron chi connectivity index (χ2n) is 21.9. The van der Waals surface area contributed by atoms with Crippen molar-refractivity contribution in [2.75, 3.05) is 26.4 Å². The molecule has 0 fully saturated rings. The molecule has 0 heterocycles. The Morgan fingerprint density at radius 2 is 0.829 bits per heavy atom. The van der Waals surface area contributed by atoms with Crippen molar-refractivity contribution < 1.29 is 37.6 Å². The normalized spacial score (nSPS) is 15.2. The minimum atomic E-state index is -2.19. The molecule has 0 aliphatic carbocycles. The fourth-order valence-electron chi connectivity index (χ4n) is 7.73. The summed E-state index contributed by atoms with van der Waals surface area (Å²) < 4.78 is 47.7. The van der Waals surface area contributed by atoms with E-state index in [9.17, 15) is 5.11 Å². The van der Waals surface area contributed by atoms with E-state index in [4.69, 9.17) is 32.5 Å². The van der Waals surface area contributed by atoms with Crippen LogP contribution in [0.4, 0.5) is 0 Å². The molecule has 0 bridgehead atoms. The van der Waals surface area contributed by atoms with Gasteiger partial charge in [0.2, 0.25) is 0 Å². The average Bonchev–Trinajstić information content (AvgIpc) is 3.35. The molecule has 0 spiro atoms. The van der Waals surface area contributed by atoms with Crippen LogP contribution < -0.4 is 0 Å². The summed E-state index contributed by atoms with van der Waals surface area (Å²) in [5, 5.41) is 12.1. The average molecular weight is 992 g/mol. The minimum absolute atomic E-state index is 0.0198. The Bertz CT molecular complexity index is 2130. The van der Waals surface area contributed by atoms with Crippen molar-refractivity contribution in [3.8, 4) is 0 Å². The summed E-state index contributed by atoms with van der Waals surface area (Å²) in [6, 6.07) is 51.7. The molecule has 10 heteroatoms. The second-order valence-corrected chi connectivity index (χ2v) is 31.6. The summed E-state index contributed by atoms with van der Waals surface area (Å²) in [6.45, 7) is 25.5. The maximum atomic E-state index is 12.1. The molecule has 0 aliphatic rings. The van der Waals surface area contributed by atoms with Crippen LogP contribution in [0.5, 0.6) is 0 Å². The van der Waals surface area contributed by atoms with E-state index in [1.165, 1.54) is 5.56 Å². The molecule has 8 nitrogen and oxygen atoms in total. The predicted octanol–water partition coefficient (Wildman–Crippen LogP) is 13.8. The summed E-state index contributed by atoms with van der Waals surface area (Å²) in [6.07, 6.45) is 0.384. The highest BCUT2D eigenvalue weighted by atomic mass is 28.4. The molecule has 0 aliphatic heterocycles. The quantitative estimate of drug-likeness (QED) is 0.0347. The molecule has 5 rings (SSSR count). The van der Waals surface area contributed by atoms with Gasteiger partial charge in [0, 0.05) is 6.61 Å². The van der Waals surface area contributed by atoms with Gasteiger partial charge in [-0.3, -0.25) is 0 Å². The van der Waals surface area contributed by atoms with Crippen LogP contribution in [0.25, 0.3) is 0 Å². The first-order valence-corrected chi connectivity index (χ1v) is 31.4. The van der Waals surface area contributed by atoms with Gasteiger partial charge in [-0.25, -0.2) is 0 Å². The Balaban J connectivity index is 1.42. The van der Waals surface area contributed by atoms with Crippen LogP contribution in [0, 0.1) is 5.92 Å². The summed E-state index contributed by atoms with van der Waals surface area (Å²) >= 11 is 0. The van der Waals surface area contributed by atoms with Crippen molar-refractivity contribution in [1.29, 1.82) is 0 Å². The third kappa shape index (κ3) is 19.7. The van der Waals surface area contributed by atoms with Gasteiger partial charge in [0.15, 0.2) is 16.6 Å². The first kappa shape index (κ1) is 57.1. The Morgan fingerprint density at radius 1 is 0.443 bits per heavy atom. The molecule has 0 radical (unpaired) electrons. The van der Waals surface area contributed by atoms with Crippen LogP contribution in [0.2, 0.25) is 36.3 Å². The lowest BCUT2D eigenvalue weighted by molar-refractivity contribution is -0.148. The van der Waals surface area contributed by atoms with Gasteiger partial charge in [-0.15, -0.1) is 0 Å². The zero-order valence-electron chi connectivity index (χ0n) is 44.2. The number of ether oxygens (including phenoxy) is 5. The van der Waals surface area contributed by atoms with E-state index in [-0.39, 0.29) is 34.8 Å². The molecule has 0 saturated heterocycles. The van der Waals surface area contributed by atoms with E-state index in [2.05, 4.69) is 159 Å². The SMILES string of the molecule is CC(C)(C)[Si](C)(C)OC[C@H](C[C@H](CCc1ccccc1)[C@@H](COCC[C@@H](OCc1ccccc1)[C@H](OCc1ccccc1)[C@H](O)CO[Si](C)(C)C(C)(C)C)OCc1ccccc1)OCc1ccccc1. The van der Waals surface area contributed by atoms with Crippen LogP contribution in [0.3, 0.4) is 0 Å². The first-order chi connectivity index (χ1) is 33.4. The van der Waals surface area contributed by atoms with Crippen LogP contribution in [-0.4, -0.2) is 78.7 Å². The van der Waals surface area contributed by atoms with Crippen LogP contribution in [-0.2, 0) is 65.4 Å². The fourth-order valence-corrected chi connectivity index (χ4v) is 9.79. The first-order valence-electron chi connectivity index (χ1n) is 25.6. The standard InChI is InChI=1S/C60H86O8Si2/c1-59(2,3)69(7,8)67-45-54(63-41-49-28-18-12-19-29-49)40-53(37-36-48-26-16-11-17-27-48)57(65-43-51-32-22-14-23-33-51)47-62-39-38-56(64-42-50-30-20-13-21-31-50)58(66-44-52-34-24-15-25-35-52)55(61)46-68-70(9,10)60(4,5)6/h11-35,53-58,61H,36-47H2,1-10H3/t53-,54-,55+,56+,57+,58+/m0/s1. The lowest BCUT2D eigenvalue weighted by Crippen LogP contribution is -2.48. The van der Waals surface area contributed by atoms with Gasteiger partial charge in [0.25, 0.3) is 0 Å². The van der Waals surface area contributed by atoms with Gasteiger partial charge in [0.1, 0.15) is 12.2 Å². The number of hydrogen-bond donors (Lipinski definition) is 1. The van der Waals surface area contributed by atoms with E-state index < -0.39 is 34.9 Å². The zero-order valence-corrected chi connectivity index (χ0v) is 46.2. The van der Waals surface area contributed by atoms with E-state index in [1.54, 1.807) is 0 Å². The van der Waals surface area contributed by atoms with Gasteiger partial charge in [-0.1, -0.05) is 193 Å². The Labute approximate surface area is 424 Å². The second kappa shape index (κ2) is 28.5. The molecule has 382 valence electrons. The Kier molecular flexibility index (Phi) is 23.2. The lowest BCUT2D eigenvalue weighted by atomic mass is 9.89. The highest BCUT2D eigenvalue weighted by Gasteiger charge is 2.40. The number of aryl methyl sites for hydroxylation is 1. The van der Waals surface area contributed by atoms with Crippen molar-refractivity contribution >= 4 is 16.6 Å². The van der Waals surface area contributed by atoms with Gasteiger partial charge < -0.3 is 37.6 Å². The third-order valence-electron chi connectivity index (χ3n) is 14.4. The molecule has 6 atom stereocenters. The van der Waals surface area contributed by atoms with Crippen molar-refractivity contribution in [3.05, 3.63) is 179 Å². The van der Waals surface area contributed by atoms with Gasteiger partial charge in [-0.05, 0) is 95.7 Å². The molecule has 0 saturated carbocycles. The van der Waals surface area contributed by atoms with Crippen LogP contribution in [0.15, 0.2) is 152 Å². The van der Waals surface area contributed by atoms with Gasteiger partial charge in [-0.2, -0.15) is 0 Å². The number of aliphatic hydroxyl groups excluding tert-OH is 1. The fraction of sp³-hybridized carbons (Fsp3) is 0.500. The molecule has 5 aromatic carbocycles. The van der Waals surface area contributed by atoms with Crippen molar-refractivity contribution in [3.63, 3.8) is 0 Å². The van der Waals surface area contributed by atoms with E-state index >= 15 is 0 Å². The molecule has 1 N–H and O–H groups in total. The molecular weight excluding hydrogens is 905 g/mol. The maximum Gasteiger partial charge on any atom is 0.192 e. The Morgan fingerprint density at radius 3 is 1.27 bits per heavy atom. The molecule has 5 aromatic rings. The van der Waals surface area contributed by atoms with Crippen molar-refractivity contribution in [2.45, 2.75) is 160 Å². The zero-order chi connectivity index (χ0) is 50.5. The Hall–Kier alpha value is -3.79. The number of benzene rings is 5. The van der Waals surface area contributed by atoms with E-state index in [0.29, 0.717) is 52.7 Å². The third-order valence-corrected chi connectivity index (χ3v) is 23.4. The number of hydrogen-bond acceptors (Lipinski definition) is 8. The van der Waals surface area contributed by atoms with Crippen LogP contribution >= 0.6 is 0 Å². The van der Waals surface area contributed by atoms with Gasteiger partial charge in [0.05, 0.1) is 64.6 Å². The predicted molar refractivity (Wildman–Crippen MR) is 291 cm³/mol. The monoisotopic (exact) mass is 991 g/mol. The lowest BCUT2D eigenvalue weighted by Gasteiger charge is -2.38. The van der Waals surface area contributed by atoms with Gasteiger partial charge >= 0.3 is 0 Å². The van der Waals surface area contributed by atoms with E-state index in [0.717, 1.165) is 41.5 Å².